The zero-order chi connectivity index (χ0) is 19.4. The summed E-state index contributed by atoms with van der Waals surface area (Å²) in [6.45, 7) is 6.11. The Labute approximate surface area is 165 Å². The molecule has 0 unspecified atom stereocenters. The fourth-order valence-corrected chi connectivity index (χ4v) is 3.35. The maximum absolute atomic E-state index is 12.4. The molecule has 6 heteroatoms. The second-order valence-electron chi connectivity index (χ2n) is 6.92. The average molecular weight is 389 g/mol. The van der Waals surface area contributed by atoms with Crippen LogP contribution in [0.4, 0.5) is 5.69 Å². The molecule has 0 saturated carbocycles. The Morgan fingerprint density at radius 1 is 1.22 bits per heavy atom. The number of carbonyl (C=O) groups excluding carboxylic acids is 1. The minimum Gasteiger partial charge on any atom is -0.489 e. The third kappa shape index (κ3) is 4.93. The first-order chi connectivity index (χ1) is 12.9. The molecule has 0 spiro atoms. The molecule has 1 aliphatic heterocycles. The summed E-state index contributed by atoms with van der Waals surface area (Å²) in [5, 5.41) is 3.53. The molecular formula is C21H25ClN2O3. The largest absolute Gasteiger partial charge is 0.489 e. The molecule has 1 heterocycles. The molecule has 27 heavy (non-hydrogen) atoms. The van der Waals surface area contributed by atoms with E-state index in [0.717, 1.165) is 28.8 Å². The van der Waals surface area contributed by atoms with Crippen LogP contribution in [-0.4, -0.2) is 37.6 Å². The number of fused-ring (bicyclic) bond motifs is 1. The maximum atomic E-state index is 12.4. The number of amides is 1. The summed E-state index contributed by atoms with van der Waals surface area (Å²) < 4.78 is 11.4. The van der Waals surface area contributed by atoms with E-state index in [2.05, 4.69) is 5.32 Å². The molecule has 0 fully saturated rings. The highest BCUT2D eigenvalue weighted by Gasteiger charge is 2.17. The number of halogens is 1. The van der Waals surface area contributed by atoms with Crippen LogP contribution < -0.4 is 14.8 Å². The Bertz CT molecular complexity index is 838. The molecule has 5 nitrogen and oxygen atoms in total. The monoisotopic (exact) mass is 388 g/mol. The van der Waals surface area contributed by atoms with Gasteiger partial charge in [-0.05, 0) is 55.8 Å². The molecule has 3 rings (SSSR count). The van der Waals surface area contributed by atoms with E-state index in [-0.39, 0.29) is 12.5 Å². The molecule has 1 amide bonds. The predicted molar refractivity (Wildman–Crippen MR) is 108 cm³/mol. The van der Waals surface area contributed by atoms with Gasteiger partial charge in [-0.1, -0.05) is 23.7 Å². The van der Waals surface area contributed by atoms with Crippen molar-refractivity contribution < 1.29 is 14.3 Å². The standard InChI is InChI=1S/C21H25ClN2O3/c1-14-6-4-7-18(15(14)2)23-20(25)13-24(3)12-16-10-17(22)21-19(11-16)26-8-5-9-27-21/h4,6-7,10-11H,5,8-9,12-13H2,1-3H3,(H,23,25). The Kier molecular flexibility index (Phi) is 6.24. The SMILES string of the molecule is Cc1cccc(NC(=O)CN(C)Cc2cc(Cl)c3c(c2)OCCCO3)c1C. The van der Waals surface area contributed by atoms with E-state index in [1.54, 1.807) is 0 Å². The van der Waals surface area contributed by atoms with Gasteiger partial charge in [-0.2, -0.15) is 0 Å². The summed E-state index contributed by atoms with van der Waals surface area (Å²) in [4.78, 5) is 14.3. The van der Waals surface area contributed by atoms with Crippen molar-refractivity contribution in [3.8, 4) is 11.5 Å². The van der Waals surface area contributed by atoms with Crippen LogP contribution in [0.15, 0.2) is 30.3 Å². The molecule has 0 atom stereocenters. The van der Waals surface area contributed by atoms with Crippen LogP contribution in [-0.2, 0) is 11.3 Å². The quantitative estimate of drug-likeness (QED) is 0.834. The van der Waals surface area contributed by atoms with E-state index < -0.39 is 0 Å². The fraction of sp³-hybridized carbons (Fsp3) is 0.381. The van der Waals surface area contributed by atoms with Gasteiger partial charge in [0.15, 0.2) is 11.5 Å². The van der Waals surface area contributed by atoms with Gasteiger partial charge in [-0.3, -0.25) is 9.69 Å². The van der Waals surface area contributed by atoms with Gasteiger partial charge in [0.2, 0.25) is 5.91 Å². The smallest absolute Gasteiger partial charge is 0.238 e. The molecule has 0 aromatic heterocycles. The summed E-state index contributed by atoms with van der Waals surface area (Å²) in [5.74, 6) is 1.23. The number of anilines is 1. The first-order valence-corrected chi connectivity index (χ1v) is 9.44. The summed E-state index contributed by atoms with van der Waals surface area (Å²) >= 11 is 6.35. The van der Waals surface area contributed by atoms with Crippen molar-refractivity contribution in [3.63, 3.8) is 0 Å². The highest BCUT2D eigenvalue weighted by Crippen LogP contribution is 2.38. The van der Waals surface area contributed by atoms with Crippen LogP contribution in [0.5, 0.6) is 11.5 Å². The van der Waals surface area contributed by atoms with Crippen molar-refractivity contribution in [1.82, 2.24) is 4.90 Å². The maximum Gasteiger partial charge on any atom is 0.238 e. The van der Waals surface area contributed by atoms with Crippen molar-refractivity contribution >= 4 is 23.2 Å². The molecule has 2 aromatic rings. The summed E-state index contributed by atoms with van der Waals surface area (Å²) in [5.41, 5.74) is 4.07. The van der Waals surface area contributed by atoms with Crippen LogP contribution >= 0.6 is 11.6 Å². The van der Waals surface area contributed by atoms with Gasteiger partial charge in [-0.25, -0.2) is 0 Å². The lowest BCUT2D eigenvalue weighted by Gasteiger charge is -2.19. The number of hydrogen-bond acceptors (Lipinski definition) is 4. The molecule has 2 aromatic carbocycles. The zero-order valence-electron chi connectivity index (χ0n) is 16.0. The number of carbonyl (C=O) groups is 1. The van der Waals surface area contributed by atoms with Crippen LogP contribution in [0.3, 0.4) is 0 Å². The van der Waals surface area contributed by atoms with Crippen molar-refractivity contribution in [2.75, 3.05) is 32.1 Å². The third-order valence-corrected chi connectivity index (χ3v) is 4.89. The number of likely N-dealkylation sites (N-methyl/N-ethyl adjacent to an activating group) is 1. The fourth-order valence-electron chi connectivity index (χ4n) is 3.06. The normalized spacial score (nSPS) is 13.4. The van der Waals surface area contributed by atoms with Crippen LogP contribution in [0.25, 0.3) is 0 Å². The Hall–Kier alpha value is -2.24. The summed E-state index contributed by atoms with van der Waals surface area (Å²) in [6, 6.07) is 9.70. The van der Waals surface area contributed by atoms with Gasteiger partial charge in [-0.15, -0.1) is 0 Å². The molecule has 0 radical (unpaired) electrons. The molecule has 1 N–H and O–H groups in total. The van der Waals surface area contributed by atoms with E-state index in [0.29, 0.717) is 36.3 Å². The van der Waals surface area contributed by atoms with Crippen LogP contribution in [0, 0.1) is 13.8 Å². The second kappa shape index (κ2) is 8.63. The highest BCUT2D eigenvalue weighted by atomic mass is 35.5. The van der Waals surface area contributed by atoms with Gasteiger partial charge in [0, 0.05) is 18.7 Å². The summed E-state index contributed by atoms with van der Waals surface area (Å²) in [6.07, 6.45) is 0.832. The highest BCUT2D eigenvalue weighted by molar-refractivity contribution is 6.32. The number of hydrogen-bond donors (Lipinski definition) is 1. The molecule has 0 bridgehead atoms. The number of aryl methyl sites for hydroxylation is 1. The van der Waals surface area contributed by atoms with E-state index in [1.807, 2.05) is 56.1 Å². The van der Waals surface area contributed by atoms with E-state index >= 15 is 0 Å². The number of rotatable bonds is 5. The van der Waals surface area contributed by atoms with Gasteiger partial charge < -0.3 is 14.8 Å². The van der Waals surface area contributed by atoms with Gasteiger partial charge in [0.05, 0.1) is 24.8 Å². The first-order valence-electron chi connectivity index (χ1n) is 9.06. The molecule has 1 aliphatic rings. The van der Waals surface area contributed by atoms with Gasteiger partial charge in [0.25, 0.3) is 0 Å². The van der Waals surface area contributed by atoms with Crippen LogP contribution in [0.2, 0.25) is 5.02 Å². The Morgan fingerprint density at radius 2 is 2.00 bits per heavy atom. The minimum absolute atomic E-state index is 0.0494. The van der Waals surface area contributed by atoms with Gasteiger partial charge in [0.1, 0.15) is 0 Å². The number of nitrogens with zero attached hydrogens (tertiary/aromatic N) is 1. The lowest BCUT2D eigenvalue weighted by Crippen LogP contribution is -2.30. The van der Waals surface area contributed by atoms with E-state index in [4.69, 9.17) is 21.1 Å². The Morgan fingerprint density at radius 3 is 2.81 bits per heavy atom. The van der Waals surface area contributed by atoms with Crippen LogP contribution in [0.1, 0.15) is 23.1 Å². The molecule has 144 valence electrons. The van der Waals surface area contributed by atoms with Gasteiger partial charge >= 0.3 is 0 Å². The topological polar surface area (TPSA) is 50.8 Å². The number of nitrogens with one attached hydrogen (secondary N) is 1. The minimum atomic E-state index is -0.0494. The van der Waals surface area contributed by atoms with Crippen molar-refractivity contribution in [3.05, 3.63) is 52.0 Å². The zero-order valence-corrected chi connectivity index (χ0v) is 16.7. The molecule has 0 aliphatic carbocycles. The third-order valence-electron chi connectivity index (χ3n) is 4.61. The number of ether oxygens (including phenoxy) is 2. The predicted octanol–water partition coefficient (Wildman–Crippen LogP) is 4.19. The van der Waals surface area contributed by atoms with Crippen molar-refractivity contribution in [2.45, 2.75) is 26.8 Å². The number of benzene rings is 2. The van der Waals surface area contributed by atoms with E-state index in [1.165, 1.54) is 0 Å². The Balaban J connectivity index is 1.63. The summed E-state index contributed by atoms with van der Waals surface area (Å²) in [7, 11) is 1.90. The second-order valence-corrected chi connectivity index (χ2v) is 7.33. The first kappa shape index (κ1) is 19.5. The van der Waals surface area contributed by atoms with E-state index in [9.17, 15) is 4.79 Å². The van der Waals surface area contributed by atoms with Crippen molar-refractivity contribution in [1.29, 1.82) is 0 Å². The van der Waals surface area contributed by atoms with Crippen molar-refractivity contribution in [2.24, 2.45) is 0 Å². The lowest BCUT2D eigenvalue weighted by molar-refractivity contribution is -0.117. The average Bonchev–Trinajstić information content (AvgIpc) is 2.84. The lowest BCUT2D eigenvalue weighted by atomic mass is 10.1. The molecule has 0 saturated heterocycles. The molecular weight excluding hydrogens is 364 g/mol.